The summed E-state index contributed by atoms with van der Waals surface area (Å²) >= 11 is 0. The number of hydrogen-bond acceptors (Lipinski definition) is 5. The Labute approximate surface area is 186 Å². The Bertz CT molecular complexity index is 1050. The van der Waals surface area contributed by atoms with Gasteiger partial charge in [-0.05, 0) is 79.6 Å². The first-order valence-electron chi connectivity index (χ1n) is 10.3. The number of hydrazone groups is 1. The summed E-state index contributed by atoms with van der Waals surface area (Å²) < 4.78 is 29.7. The summed E-state index contributed by atoms with van der Waals surface area (Å²) in [6.07, 6.45) is 1.54. The van der Waals surface area contributed by atoms with Gasteiger partial charge in [0.25, 0.3) is 5.91 Å². The van der Waals surface area contributed by atoms with E-state index in [-0.39, 0.29) is 11.7 Å². The molecule has 0 atom stereocenters. The number of nitrogens with zero attached hydrogens (tertiary/aromatic N) is 1. The lowest BCUT2D eigenvalue weighted by atomic mass is 10.2. The Balaban J connectivity index is 1.54. The van der Waals surface area contributed by atoms with Crippen molar-refractivity contribution in [1.29, 1.82) is 0 Å². The third kappa shape index (κ3) is 6.57. The van der Waals surface area contributed by atoms with Crippen molar-refractivity contribution in [3.63, 3.8) is 0 Å². The Morgan fingerprint density at radius 3 is 2.28 bits per heavy atom. The van der Waals surface area contributed by atoms with E-state index in [9.17, 15) is 9.18 Å². The van der Waals surface area contributed by atoms with Crippen LogP contribution in [0, 0.1) is 5.82 Å². The van der Waals surface area contributed by atoms with E-state index in [1.165, 1.54) is 12.1 Å². The van der Waals surface area contributed by atoms with Gasteiger partial charge < -0.3 is 14.2 Å². The zero-order valence-electron chi connectivity index (χ0n) is 18.0. The molecule has 0 unspecified atom stereocenters. The summed E-state index contributed by atoms with van der Waals surface area (Å²) in [6.45, 7) is 5.07. The van der Waals surface area contributed by atoms with E-state index >= 15 is 0 Å². The molecule has 3 aromatic rings. The topological polar surface area (TPSA) is 69.2 Å². The largest absolute Gasteiger partial charge is 0.490 e. The van der Waals surface area contributed by atoms with Crippen molar-refractivity contribution in [1.82, 2.24) is 5.43 Å². The monoisotopic (exact) mass is 436 g/mol. The number of benzene rings is 3. The van der Waals surface area contributed by atoms with Crippen LogP contribution in [0.1, 0.15) is 35.3 Å². The van der Waals surface area contributed by atoms with Crippen molar-refractivity contribution in [2.24, 2.45) is 5.10 Å². The first kappa shape index (κ1) is 22.8. The normalized spacial score (nSPS) is 10.7. The molecule has 0 aliphatic heterocycles. The van der Waals surface area contributed by atoms with Gasteiger partial charge in [-0.3, -0.25) is 4.79 Å². The van der Waals surface area contributed by atoms with Crippen LogP contribution >= 0.6 is 0 Å². The van der Waals surface area contributed by atoms with Crippen LogP contribution in [0.5, 0.6) is 17.2 Å². The first-order chi connectivity index (χ1) is 15.6. The van der Waals surface area contributed by atoms with Crippen LogP contribution in [0.15, 0.2) is 71.8 Å². The Kier molecular flexibility index (Phi) is 8.20. The second kappa shape index (κ2) is 11.5. The molecule has 0 spiro atoms. The van der Waals surface area contributed by atoms with Gasteiger partial charge in [0.05, 0.1) is 19.4 Å². The fourth-order valence-electron chi connectivity index (χ4n) is 2.82. The van der Waals surface area contributed by atoms with Gasteiger partial charge in [0.2, 0.25) is 0 Å². The summed E-state index contributed by atoms with van der Waals surface area (Å²) in [5.74, 6) is 1.15. The minimum Gasteiger partial charge on any atom is -0.490 e. The molecule has 3 aromatic carbocycles. The van der Waals surface area contributed by atoms with Gasteiger partial charge in [-0.15, -0.1) is 0 Å². The maximum absolute atomic E-state index is 12.9. The molecule has 0 fully saturated rings. The molecular formula is C25H25FN2O4. The van der Waals surface area contributed by atoms with Crippen LogP contribution in [0.4, 0.5) is 4.39 Å². The van der Waals surface area contributed by atoms with E-state index in [2.05, 4.69) is 10.5 Å². The van der Waals surface area contributed by atoms with Crippen molar-refractivity contribution in [2.75, 3.05) is 13.2 Å². The number of carbonyl (C=O) groups is 1. The zero-order valence-corrected chi connectivity index (χ0v) is 18.0. The molecule has 0 heterocycles. The van der Waals surface area contributed by atoms with E-state index in [1.54, 1.807) is 48.7 Å². The van der Waals surface area contributed by atoms with Crippen LogP contribution < -0.4 is 19.6 Å². The molecule has 6 nitrogen and oxygen atoms in total. The third-order valence-electron chi connectivity index (χ3n) is 4.38. The highest BCUT2D eigenvalue weighted by atomic mass is 19.1. The van der Waals surface area contributed by atoms with E-state index in [4.69, 9.17) is 14.2 Å². The van der Waals surface area contributed by atoms with Crippen LogP contribution in [-0.2, 0) is 6.61 Å². The molecule has 0 saturated heterocycles. The van der Waals surface area contributed by atoms with Crippen molar-refractivity contribution in [3.8, 4) is 17.2 Å². The van der Waals surface area contributed by atoms with Crippen LogP contribution in [0.2, 0.25) is 0 Å². The quantitative estimate of drug-likeness (QED) is 0.360. The summed E-state index contributed by atoms with van der Waals surface area (Å²) in [7, 11) is 0. The molecule has 0 bridgehead atoms. The fourth-order valence-corrected chi connectivity index (χ4v) is 2.82. The highest BCUT2D eigenvalue weighted by molar-refractivity contribution is 5.95. The lowest BCUT2D eigenvalue weighted by molar-refractivity contribution is 0.0954. The predicted molar refractivity (Wildman–Crippen MR) is 121 cm³/mol. The SMILES string of the molecule is CCOc1ccc(C(=O)N/N=C/c2ccc(OCc3ccc(F)cc3)cc2)cc1OCC. The molecule has 1 amide bonds. The Hall–Kier alpha value is -3.87. The molecule has 1 N–H and O–H groups in total. The lowest BCUT2D eigenvalue weighted by Crippen LogP contribution is -2.17. The molecule has 3 rings (SSSR count). The van der Waals surface area contributed by atoms with E-state index in [0.29, 0.717) is 42.6 Å². The van der Waals surface area contributed by atoms with Gasteiger partial charge in [-0.1, -0.05) is 12.1 Å². The predicted octanol–water partition coefficient (Wildman–Crippen LogP) is 4.97. The summed E-state index contributed by atoms with van der Waals surface area (Å²) in [5.41, 5.74) is 4.59. The molecule has 0 radical (unpaired) electrons. The lowest BCUT2D eigenvalue weighted by Gasteiger charge is -2.11. The molecule has 0 saturated carbocycles. The molecule has 0 aliphatic carbocycles. The number of halogens is 1. The Morgan fingerprint density at radius 2 is 1.59 bits per heavy atom. The smallest absolute Gasteiger partial charge is 0.271 e. The van der Waals surface area contributed by atoms with Crippen molar-refractivity contribution >= 4 is 12.1 Å². The number of nitrogens with one attached hydrogen (secondary N) is 1. The molecule has 0 aliphatic rings. The third-order valence-corrected chi connectivity index (χ3v) is 4.38. The standard InChI is InChI=1S/C25H25FN2O4/c1-3-30-23-14-9-20(15-24(23)31-4-2)25(29)28-27-16-18-7-12-22(13-8-18)32-17-19-5-10-21(26)11-6-19/h5-16H,3-4,17H2,1-2H3,(H,28,29)/b27-16+. The number of amides is 1. The highest BCUT2D eigenvalue weighted by Crippen LogP contribution is 2.28. The van der Waals surface area contributed by atoms with Gasteiger partial charge in [-0.25, -0.2) is 9.82 Å². The molecule has 7 heteroatoms. The zero-order chi connectivity index (χ0) is 22.8. The second-order valence-electron chi connectivity index (χ2n) is 6.71. The Morgan fingerprint density at radius 1 is 0.906 bits per heavy atom. The van der Waals surface area contributed by atoms with Gasteiger partial charge in [0, 0.05) is 5.56 Å². The average Bonchev–Trinajstić information content (AvgIpc) is 2.81. The van der Waals surface area contributed by atoms with Crippen LogP contribution in [0.3, 0.4) is 0 Å². The molecular weight excluding hydrogens is 411 g/mol. The second-order valence-corrected chi connectivity index (χ2v) is 6.71. The van der Waals surface area contributed by atoms with E-state index < -0.39 is 0 Å². The maximum atomic E-state index is 12.9. The number of hydrogen-bond donors (Lipinski definition) is 1. The number of rotatable bonds is 10. The molecule has 0 aromatic heterocycles. The molecule has 166 valence electrons. The van der Waals surface area contributed by atoms with Crippen molar-refractivity contribution in [3.05, 3.63) is 89.2 Å². The molecule has 32 heavy (non-hydrogen) atoms. The average molecular weight is 436 g/mol. The minimum atomic E-state index is -0.357. The highest BCUT2D eigenvalue weighted by Gasteiger charge is 2.11. The number of carbonyl (C=O) groups excluding carboxylic acids is 1. The summed E-state index contributed by atoms with van der Waals surface area (Å²) in [4.78, 5) is 12.4. The van der Waals surface area contributed by atoms with Gasteiger partial charge in [0.1, 0.15) is 18.2 Å². The number of ether oxygens (including phenoxy) is 3. The minimum absolute atomic E-state index is 0.276. The van der Waals surface area contributed by atoms with Gasteiger partial charge in [0.15, 0.2) is 11.5 Å². The van der Waals surface area contributed by atoms with Crippen LogP contribution in [0.25, 0.3) is 0 Å². The van der Waals surface area contributed by atoms with Gasteiger partial charge in [-0.2, -0.15) is 5.10 Å². The van der Waals surface area contributed by atoms with Crippen LogP contribution in [-0.4, -0.2) is 25.3 Å². The van der Waals surface area contributed by atoms with E-state index in [0.717, 1.165) is 11.1 Å². The fraction of sp³-hybridized carbons (Fsp3) is 0.200. The summed E-state index contributed by atoms with van der Waals surface area (Å²) in [5, 5.41) is 4.01. The van der Waals surface area contributed by atoms with Crippen molar-refractivity contribution < 1.29 is 23.4 Å². The first-order valence-corrected chi connectivity index (χ1v) is 10.3. The van der Waals surface area contributed by atoms with E-state index in [1.807, 2.05) is 26.0 Å². The summed E-state index contributed by atoms with van der Waals surface area (Å²) in [6, 6.07) is 18.4. The maximum Gasteiger partial charge on any atom is 0.271 e. The van der Waals surface area contributed by atoms with Gasteiger partial charge >= 0.3 is 0 Å². The van der Waals surface area contributed by atoms with Crippen molar-refractivity contribution in [2.45, 2.75) is 20.5 Å².